The van der Waals surface area contributed by atoms with Crippen LogP contribution in [0.5, 0.6) is 0 Å². The van der Waals surface area contributed by atoms with E-state index in [0.29, 0.717) is 17.5 Å². The zero-order chi connectivity index (χ0) is 14.3. The second-order valence-corrected chi connectivity index (χ2v) is 6.06. The van der Waals surface area contributed by atoms with Crippen LogP contribution in [-0.2, 0) is 4.79 Å². The van der Waals surface area contributed by atoms with Gasteiger partial charge in [0.05, 0.1) is 0 Å². The van der Waals surface area contributed by atoms with Crippen LogP contribution in [-0.4, -0.2) is 41.1 Å². The summed E-state index contributed by atoms with van der Waals surface area (Å²) in [5, 5.41) is 12.4. The van der Waals surface area contributed by atoms with Crippen LogP contribution in [0.25, 0.3) is 0 Å². The standard InChI is InChI=1S/C13H24N4OS/c1-5-6-8-17(4)9-7-11(18)14-13-16-15-12(19-13)10(2)3/h10H,5-9H2,1-4H3,(H,14,16,18). The van der Waals surface area contributed by atoms with Crippen LogP contribution in [0.1, 0.15) is 51.0 Å². The van der Waals surface area contributed by atoms with E-state index in [1.165, 1.54) is 24.2 Å². The van der Waals surface area contributed by atoms with Gasteiger partial charge in [-0.3, -0.25) is 4.79 Å². The molecule has 5 nitrogen and oxygen atoms in total. The Hall–Kier alpha value is -1.01. The minimum atomic E-state index is 0.00908. The highest BCUT2D eigenvalue weighted by Gasteiger charge is 2.10. The molecule has 1 rings (SSSR count). The Bertz CT molecular complexity index is 392. The number of aromatic nitrogens is 2. The summed E-state index contributed by atoms with van der Waals surface area (Å²) in [6.07, 6.45) is 2.85. The van der Waals surface area contributed by atoms with Crippen LogP contribution >= 0.6 is 11.3 Å². The first-order valence-corrected chi connectivity index (χ1v) is 7.66. The van der Waals surface area contributed by atoms with Gasteiger partial charge in [0.25, 0.3) is 0 Å². The molecule has 1 N–H and O–H groups in total. The second-order valence-electron chi connectivity index (χ2n) is 5.06. The number of unbranched alkanes of at least 4 members (excludes halogenated alkanes) is 1. The highest BCUT2D eigenvalue weighted by atomic mass is 32.1. The summed E-state index contributed by atoms with van der Waals surface area (Å²) in [5.41, 5.74) is 0. The maximum Gasteiger partial charge on any atom is 0.227 e. The number of anilines is 1. The first kappa shape index (κ1) is 16.0. The topological polar surface area (TPSA) is 58.1 Å². The van der Waals surface area contributed by atoms with E-state index in [1.54, 1.807) is 0 Å². The molecule has 0 saturated heterocycles. The van der Waals surface area contributed by atoms with Gasteiger partial charge >= 0.3 is 0 Å². The van der Waals surface area contributed by atoms with Crippen molar-refractivity contribution in [2.75, 3.05) is 25.5 Å². The molecule has 6 heteroatoms. The molecule has 0 aliphatic heterocycles. The van der Waals surface area contributed by atoms with Crippen molar-refractivity contribution >= 4 is 22.4 Å². The van der Waals surface area contributed by atoms with Gasteiger partial charge in [0.15, 0.2) is 0 Å². The number of nitrogens with one attached hydrogen (secondary N) is 1. The predicted octanol–water partition coefficient (Wildman–Crippen LogP) is 2.72. The number of carbonyl (C=O) groups excluding carboxylic acids is 1. The lowest BCUT2D eigenvalue weighted by molar-refractivity contribution is -0.116. The van der Waals surface area contributed by atoms with Gasteiger partial charge in [-0.2, -0.15) is 0 Å². The van der Waals surface area contributed by atoms with Gasteiger partial charge in [0.2, 0.25) is 11.0 Å². The highest BCUT2D eigenvalue weighted by molar-refractivity contribution is 7.15. The number of rotatable bonds is 8. The van der Waals surface area contributed by atoms with Gasteiger partial charge in [-0.25, -0.2) is 0 Å². The number of hydrogen-bond donors (Lipinski definition) is 1. The summed E-state index contributed by atoms with van der Waals surface area (Å²) in [4.78, 5) is 14.0. The minimum absolute atomic E-state index is 0.00908. The van der Waals surface area contributed by atoms with Crippen molar-refractivity contribution in [3.05, 3.63) is 5.01 Å². The second kappa shape index (κ2) is 8.22. The third-order valence-corrected chi connectivity index (χ3v) is 3.93. The molecule has 0 unspecified atom stereocenters. The van der Waals surface area contributed by atoms with E-state index in [2.05, 4.69) is 41.2 Å². The third-order valence-electron chi connectivity index (χ3n) is 2.79. The molecule has 0 atom stereocenters. The Morgan fingerprint density at radius 2 is 2.11 bits per heavy atom. The third kappa shape index (κ3) is 6.11. The Morgan fingerprint density at radius 1 is 1.37 bits per heavy atom. The lowest BCUT2D eigenvalue weighted by atomic mass is 10.2. The fourth-order valence-electron chi connectivity index (χ4n) is 1.53. The summed E-state index contributed by atoms with van der Waals surface area (Å²) >= 11 is 1.45. The van der Waals surface area contributed by atoms with Gasteiger partial charge in [-0.15, -0.1) is 10.2 Å². The lowest BCUT2D eigenvalue weighted by Gasteiger charge is -2.15. The van der Waals surface area contributed by atoms with Gasteiger partial charge in [0, 0.05) is 18.9 Å². The van der Waals surface area contributed by atoms with Gasteiger partial charge in [-0.1, -0.05) is 38.5 Å². The monoisotopic (exact) mass is 284 g/mol. The zero-order valence-corrected chi connectivity index (χ0v) is 13.1. The average Bonchev–Trinajstić information content (AvgIpc) is 2.82. The molecule has 19 heavy (non-hydrogen) atoms. The fraction of sp³-hybridized carbons (Fsp3) is 0.769. The van der Waals surface area contributed by atoms with Crippen molar-refractivity contribution in [2.45, 2.75) is 46.0 Å². The van der Waals surface area contributed by atoms with Gasteiger partial charge in [-0.05, 0) is 20.0 Å². The summed E-state index contributed by atoms with van der Waals surface area (Å²) < 4.78 is 0. The molecule has 108 valence electrons. The fourth-order valence-corrected chi connectivity index (χ4v) is 2.29. The number of carbonyl (C=O) groups is 1. The summed E-state index contributed by atoms with van der Waals surface area (Å²) in [6, 6.07) is 0. The maximum atomic E-state index is 11.8. The van der Waals surface area contributed by atoms with Crippen molar-refractivity contribution in [2.24, 2.45) is 0 Å². The zero-order valence-electron chi connectivity index (χ0n) is 12.3. The molecule has 0 radical (unpaired) electrons. The number of amides is 1. The molecule has 0 spiro atoms. The van der Waals surface area contributed by atoms with Crippen LogP contribution in [0.2, 0.25) is 0 Å². The minimum Gasteiger partial charge on any atom is -0.306 e. The maximum absolute atomic E-state index is 11.8. The smallest absolute Gasteiger partial charge is 0.227 e. The van der Waals surface area contributed by atoms with Crippen LogP contribution in [0.3, 0.4) is 0 Å². The van der Waals surface area contributed by atoms with Crippen LogP contribution in [0.15, 0.2) is 0 Å². The Morgan fingerprint density at radius 3 is 2.68 bits per heavy atom. The van der Waals surface area contributed by atoms with Crippen LogP contribution in [0.4, 0.5) is 5.13 Å². The van der Waals surface area contributed by atoms with Gasteiger partial charge in [0.1, 0.15) is 5.01 Å². The first-order chi connectivity index (χ1) is 9.02. The van der Waals surface area contributed by atoms with Gasteiger partial charge < -0.3 is 10.2 Å². The van der Waals surface area contributed by atoms with Crippen molar-refractivity contribution in [3.63, 3.8) is 0 Å². The van der Waals surface area contributed by atoms with Crippen molar-refractivity contribution in [3.8, 4) is 0 Å². The number of hydrogen-bond acceptors (Lipinski definition) is 5. The Labute approximate surface area is 119 Å². The largest absolute Gasteiger partial charge is 0.306 e. The molecule has 0 aliphatic carbocycles. The Kier molecular flexibility index (Phi) is 6.94. The normalized spacial score (nSPS) is 11.3. The van der Waals surface area contributed by atoms with E-state index in [-0.39, 0.29) is 5.91 Å². The van der Waals surface area contributed by atoms with E-state index < -0.39 is 0 Å². The highest BCUT2D eigenvalue weighted by Crippen LogP contribution is 2.22. The number of nitrogens with zero attached hydrogens (tertiary/aromatic N) is 3. The Balaban J connectivity index is 2.30. The molecule has 0 bridgehead atoms. The SMILES string of the molecule is CCCCN(C)CCC(=O)Nc1nnc(C(C)C)s1. The summed E-state index contributed by atoms with van der Waals surface area (Å²) in [7, 11) is 2.05. The predicted molar refractivity (Wildman–Crippen MR) is 79.6 cm³/mol. The molecule has 0 fully saturated rings. The van der Waals surface area contributed by atoms with Crippen molar-refractivity contribution in [1.29, 1.82) is 0 Å². The van der Waals surface area contributed by atoms with Crippen molar-refractivity contribution in [1.82, 2.24) is 15.1 Å². The molecule has 0 aromatic carbocycles. The molecule has 0 aliphatic rings. The van der Waals surface area contributed by atoms with Crippen molar-refractivity contribution < 1.29 is 4.79 Å². The van der Waals surface area contributed by atoms with Crippen LogP contribution < -0.4 is 5.32 Å². The molecule has 1 aromatic rings. The average molecular weight is 284 g/mol. The van der Waals surface area contributed by atoms with E-state index in [1.807, 2.05) is 7.05 Å². The quantitative estimate of drug-likeness (QED) is 0.797. The summed E-state index contributed by atoms with van der Waals surface area (Å²) in [5.74, 6) is 0.359. The molecular weight excluding hydrogens is 260 g/mol. The van der Waals surface area contributed by atoms with E-state index in [9.17, 15) is 4.79 Å². The molecular formula is C13H24N4OS. The first-order valence-electron chi connectivity index (χ1n) is 6.84. The lowest BCUT2D eigenvalue weighted by Crippen LogP contribution is -2.25. The molecule has 0 saturated carbocycles. The summed E-state index contributed by atoms with van der Waals surface area (Å²) in [6.45, 7) is 8.12. The van der Waals surface area contributed by atoms with E-state index in [4.69, 9.17) is 0 Å². The molecule has 1 heterocycles. The molecule has 1 amide bonds. The van der Waals surface area contributed by atoms with Crippen LogP contribution in [0, 0.1) is 0 Å². The van der Waals surface area contributed by atoms with E-state index in [0.717, 1.165) is 18.1 Å². The molecule has 1 aromatic heterocycles. The van der Waals surface area contributed by atoms with E-state index >= 15 is 0 Å².